The van der Waals surface area contributed by atoms with E-state index in [1.54, 1.807) is 6.08 Å². The fraction of sp³-hybridized carbons (Fsp3) is 0.267. The first kappa shape index (κ1) is 12.4. The van der Waals surface area contributed by atoms with Crippen molar-refractivity contribution in [3.05, 3.63) is 48.7 Å². The predicted molar refractivity (Wildman–Crippen MR) is 74.7 cm³/mol. The number of nitrogens with zero attached hydrogens (tertiary/aromatic N) is 1. The zero-order chi connectivity index (χ0) is 13.0. The predicted octanol–water partition coefficient (Wildman–Crippen LogP) is 3.21. The molecule has 0 atom stereocenters. The van der Waals surface area contributed by atoms with Gasteiger partial charge in [-0.15, -0.1) is 6.58 Å². The van der Waals surface area contributed by atoms with Gasteiger partial charge in [0, 0.05) is 35.8 Å². The number of aromatic nitrogens is 1. The van der Waals surface area contributed by atoms with Gasteiger partial charge in [-0.1, -0.05) is 19.1 Å². The number of nitrogens with one attached hydrogen (secondary N) is 1. The molecule has 0 aliphatic carbocycles. The summed E-state index contributed by atoms with van der Waals surface area (Å²) in [6.45, 7) is 7.13. The van der Waals surface area contributed by atoms with Crippen LogP contribution in [0.5, 0.6) is 0 Å². The number of aromatic amines is 1. The van der Waals surface area contributed by atoms with E-state index in [-0.39, 0.29) is 5.91 Å². The van der Waals surface area contributed by atoms with Crippen molar-refractivity contribution in [3.8, 4) is 0 Å². The normalized spacial score (nSPS) is 10.5. The number of hydrogen-bond donors (Lipinski definition) is 1. The molecule has 0 aliphatic rings. The minimum Gasteiger partial charge on any atom is -0.361 e. The van der Waals surface area contributed by atoms with Gasteiger partial charge in [0.1, 0.15) is 0 Å². The highest BCUT2D eigenvalue weighted by Gasteiger charge is 2.16. The lowest BCUT2D eigenvalue weighted by atomic mass is 10.1. The first-order chi connectivity index (χ1) is 8.77. The van der Waals surface area contributed by atoms with Gasteiger partial charge >= 0.3 is 0 Å². The fourth-order valence-corrected chi connectivity index (χ4v) is 2.14. The molecule has 0 unspecified atom stereocenters. The molecule has 1 N–H and O–H groups in total. The van der Waals surface area contributed by atoms with Crippen molar-refractivity contribution < 1.29 is 4.79 Å². The van der Waals surface area contributed by atoms with Crippen molar-refractivity contribution in [2.45, 2.75) is 13.3 Å². The number of rotatable bonds is 5. The Morgan fingerprint density at radius 3 is 3.00 bits per heavy atom. The van der Waals surface area contributed by atoms with E-state index >= 15 is 0 Å². The number of amides is 1. The summed E-state index contributed by atoms with van der Waals surface area (Å²) in [7, 11) is 0. The molecule has 0 bridgehead atoms. The molecule has 0 saturated carbocycles. The lowest BCUT2D eigenvalue weighted by molar-refractivity contribution is 0.0776. The molecule has 3 heteroatoms. The maximum atomic E-state index is 12.5. The van der Waals surface area contributed by atoms with Crippen LogP contribution in [0.3, 0.4) is 0 Å². The Balaban J connectivity index is 2.36. The van der Waals surface area contributed by atoms with Crippen LogP contribution in [0, 0.1) is 0 Å². The fourth-order valence-electron chi connectivity index (χ4n) is 2.14. The molecule has 3 nitrogen and oxygen atoms in total. The van der Waals surface area contributed by atoms with Crippen LogP contribution >= 0.6 is 0 Å². The average molecular weight is 242 g/mol. The summed E-state index contributed by atoms with van der Waals surface area (Å²) in [4.78, 5) is 17.5. The highest BCUT2D eigenvalue weighted by molar-refractivity contribution is 6.06. The Hall–Kier alpha value is -2.03. The number of H-pyrrole nitrogens is 1. The Morgan fingerprint density at radius 2 is 2.28 bits per heavy atom. The number of carbonyl (C=O) groups is 1. The second-order valence-electron chi connectivity index (χ2n) is 4.28. The van der Waals surface area contributed by atoms with Crippen molar-refractivity contribution in [3.63, 3.8) is 0 Å². The van der Waals surface area contributed by atoms with Crippen LogP contribution in [0.25, 0.3) is 10.9 Å². The van der Waals surface area contributed by atoms with Crippen molar-refractivity contribution >= 4 is 16.8 Å². The highest BCUT2D eigenvalue weighted by Crippen LogP contribution is 2.19. The molecule has 2 rings (SSSR count). The number of fused-ring (bicyclic) bond motifs is 1. The molecule has 1 aromatic heterocycles. The standard InChI is InChI=1S/C15H18N2O/c1-3-10-17(11-4-2)15(18)13-6-5-7-14-12(13)8-9-16-14/h3,5-9,16H,1,4,10-11H2,2H3. The van der Waals surface area contributed by atoms with E-state index in [2.05, 4.69) is 18.5 Å². The number of benzene rings is 1. The first-order valence-corrected chi connectivity index (χ1v) is 6.24. The van der Waals surface area contributed by atoms with E-state index in [9.17, 15) is 4.79 Å². The SMILES string of the molecule is C=CCN(CCC)C(=O)c1cccc2[nH]ccc12. The second-order valence-corrected chi connectivity index (χ2v) is 4.28. The monoisotopic (exact) mass is 242 g/mol. The third kappa shape index (κ3) is 2.30. The third-order valence-electron chi connectivity index (χ3n) is 2.96. The molecular formula is C15H18N2O. The third-order valence-corrected chi connectivity index (χ3v) is 2.96. The minimum absolute atomic E-state index is 0.0713. The number of carbonyl (C=O) groups excluding carboxylic acids is 1. The molecule has 0 spiro atoms. The van der Waals surface area contributed by atoms with Gasteiger partial charge in [0.15, 0.2) is 0 Å². The molecule has 0 radical (unpaired) electrons. The summed E-state index contributed by atoms with van der Waals surface area (Å²) < 4.78 is 0. The summed E-state index contributed by atoms with van der Waals surface area (Å²) in [5.74, 6) is 0.0713. The summed E-state index contributed by atoms with van der Waals surface area (Å²) in [5.41, 5.74) is 1.75. The smallest absolute Gasteiger partial charge is 0.254 e. The Bertz CT molecular complexity index is 556. The van der Waals surface area contributed by atoms with Crippen LogP contribution in [-0.2, 0) is 0 Å². The number of hydrogen-bond acceptors (Lipinski definition) is 1. The van der Waals surface area contributed by atoms with Crippen molar-refractivity contribution in [2.75, 3.05) is 13.1 Å². The van der Waals surface area contributed by atoms with Crippen LogP contribution in [0.1, 0.15) is 23.7 Å². The van der Waals surface area contributed by atoms with E-state index in [1.807, 2.05) is 35.4 Å². The lowest BCUT2D eigenvalue weighted by Crippen LogP contribution is -2.31. The van der Waals surface area contributed by atoms with Gasteiger partial charge < -0.3 is 9.88 Å². The average Bonchev–Trinajstić information content (AvgIpc) is 2.85. The van der Waals surface area contributed by atoms with Gasteiger partial charge in [-0.05, 0) is 24.6 Å². The van der Waals surface area contributed by atoms with Crippen molar-refractivity contribution in [2.24, 2.45) is 0 Å². The Labute approximate surface area is 107 Å². The zero-order valence-electron chi connectivity index (χ0n) is 10.6. The molecule has 1 aromatic carbocycles. The molecule has 2 aromatic rings. The largest absolute Gasteiger partial charge is 0.361 e. The summed E-state index contributed by atoms with van der Waals surface area (Å²) >= 11 is 0. The maximum absolute atomic E-state index is 12.5. The van der Waals surface area contributed by atoms with E-state index in [0.717, 1.165) is 29.4 Å². The lowest BCUT2D eigenvalue weighted by Gasteiger charge is -2.20. The van der Waals surface area contributed by atoms with Crippen LogP contribution in [0.4, 0.5) is 0 Å². The summed E-state index contributed by atoms with van der Waals surface area (Å²) in [5, 5.41) is 0.979. The van der Waals surface area contributed by atoms with Crippen LogP contribution in [-0.4, -0.2) is 28.9 Å². The van der Waals surface area contributed by atoms with Crippen LogP contribution in [0.15, 0.2) is 43.1 Å². The van der Waals surface area contributed by atoms with E-state index < -0.39 is 0 Å². The van der Waals surface area contributed by atoms with Gasteiger partial charge in [-0.25, -0.2) is 0 Å². The zero-order valence-corrected chi connectivity index (χ0v) is 10.6. The second kappa shape index (κ2) is 5.54. The van der Waals surface area contributed by atoms with Gasteiger partial charge in [0.2, 0.25) is 0 Å². The summed E-state index contributed by atoms with van der Waals surface area (Å²) in [6, 6.07) is 7.71. The van der Waals surface area contributed by atoms with Gasteiger partial charge in [-0.2, -0.15) is 0 Å². The van der Waals surface area contributed by atoms with Gasteiger partial charge in [0.25, 0.3) is 5.91 Å². The molecule has 18 heavy (non-hydrogen) atoms. The van der Waals surface area contributed by atoms with E-state index in [0.29, 0.717) is 6.54 Å². The van der Waals surface area contributed by atoms with Gasteiger partial charge in [-0.3, -0.25) is 4.79 Å². The van der Waals surface area contributed by atoms with Gasteiger partial charge in [0.05, 0.1) is 0 Å². The first-order valence-electron chi connectivity index (χ1n) is 6.24. The van der Waals surface area contributed by atoms with Crippen molar-refractivity contribution in [1.82, 2.24) is 9.88 Å². The summed E-state index contributed by atoms with van der Waals surface area (Å²) in [6.07, 6.45) is 4.58. The molecule has 1 amide bonds. The molecular weight excluding hydrogens is 224 g/mol. The maximum Gasteiger partial charge on any atom is 0.254 e. The molecule has 94 valence electrons. The Morgan fingerprint density at radius 1 is 1.44 bits per heavy atom. The molecule has 0 aliphatic heterocycles. The van der Waals surface area contributed by atoms with Crippen LogP contribution in [0.2, 0.25) is 0 Å². The van der Waals surface area contributed by atoms with Crippen molar-refractivity contribution in [1.29, 1.82) is 0 Å². The quantitative estimate of drug-likeness (QED) is 0.803. The Kier molecular flexibility index (Phi) is 3.82. The highest BCUT2D eigenvalue weighted by atomic mass is 16.2. The minimum atomic E-state index is 0.0713. The topological polar surface area (TPSA) is 36.1 Å². The molecule has 0 fully saturated rings. The molecule has 0 saturated heterocycles. The van der Waals surface area contributed by atoms with Crippen LogP contribution < -0.4 is 0 Å². The van der Waals surface area contributed by atoms with E-state index in [1.165, 1.54) is 0 Å². The molecule has 1 heterocycles. The van der Waals surface area contributed by atoms with E-state index in [4.69, 9.17) is 0 Å².